The summed E-state index contributed by atoms with van der Waals surface area (Å²) in [5, 5.41) is 38.1. The number of para-hydroxylation sites is 2. The van der Waals surface area contributed by atoms with Crippen molar-refractivity contribution in [1.29, 1.82) is 5.26 Å². The fraction of sp³-hybridized carbons (Fsp3) is 0.118. The van der Waals surface area contributed by atoms with Gasteiger partial charge in [0.15, 0.2) is 0 Å². The number of aromatic carboxylic acids is 2. The molecule has 10 nitrogen and oxygen atoms in total. The molecule has 9 aromatic rings. The number of anilines is 2. The minimum absolute atomic E-state index is 0.185. The Morgan fingerprint density at radius 3 is 1.66 bits per heavy atom. The maximum atomic E-state index is 12.0. The standard InChI is InChI=1S/C29H23N3O3.C22H18BrNO3/c30-18-19-7-3-10-21(17-19)31-25-14-5-12-23-24(28(29(33)34)32-27(23)25)13-6-16-35-26-15-4-9-20-8-1-2-11-22(20)26;23-18-11-4-9-16-17(21(22(25)26)24-20(16)18)10-5-13-27-19-12-3-7-14-6-1-2-8-15(14)19/h1-5,7-12,14-15,17,31-32H,6,13,16H2,(H,33,34);1-4,6-9,11-12,24H,5,10,13H2,(H,25,26). The Labute approximate surface area is 365 Å². The summed E-state index contributed by atoms with van der Waals surface area (Å²) in [5.74, 6) is -0.258. The molecule has 0 spiro atoms. The molecule has 11 heteroatoms. The summed E-state index contributed by atoms with van der Waals surface area (Å²) in [6.45, 7) is 0.992. The van der Waals surface area contributed by atoms with E-state index in [0.29, 0.717) is 38.0 Å². The SMILES string of the molecule is N#Cc1cccc(Nc2cccc3c(CCCOc4cccc5ccccc45)c(C(=O)O)[nH]c23)c1.O=C(O)c1[nH]c2c(Br)cccc2c1CCCOc1cccc2ccccc12. The van der Waals surface area contributed by atoms with Crippen molar-refractivity contribution in [3.8, 4) is 17.6 Å². The third-order valence-electron chi connectivity index (χ3n) is 10.7. The van der Waals surface area contributed by atoms with Crippen molar-refractivity contribution < 1.29 is 29.3 Å². The first-order chi connectivity index (χ1) is 30.3. The average molecular weight is 886 g/mol. The van der Waals surface area contributed by atoms with Gasteiger partial charge in [0, 0.05) is 31.7 Å². The van der Waals surface area contributed by atoms with Crippen LogP contribution in [0.5, 0.6) is 11.5 Å². The van der Waals surface area contributed by atoms with Gasteiger partial charge in [-0.1, -0.05) is 103 Å². The molecule has 5 N–H and O–H groups in total. The van der Waals surface area contributed by atoms with E-state index >= 15 is 0 Å². The Hall–Kier alpha value is -7.55. The van der Waals surface area contributed by atoms with Crippen molar-refractivity contribution in [2.24, 2.45) is 0 Å². The highest BCUT2D eigenvalue weighted by molar-refractivity contribution is 9.10. The van der Waals surface area contributed by atoms with Gasteiger partial charge in [-0.2, -0.15) is 5.26 Å². The zero-order valence-electron chi connectivity index (χ0n) is 33.5. The molecule has 0 unspecified atom stereocenters. The molecule has 0 amide bonds. The Morgan fingerprint density at radius 1 is 0.597 bits per heavy atom. The van der Waals surface area contributed by atoms with Crippen LogP contribution in [0.4, 0.5) is 11.4 Å². The highest BCUT2D eigenvalue weighted by Crippen LogP contribution is 2.33. The summed E-state index contributed by atoms with van der Waals surface area (Å²) in [5.41, 5.74) is 5.60. The van der Waals surface area contributed by atoms with E-state index in [-0.39, 0.29) is 11.4 Å². The third kappa shape index (κ3) is 8.96. The first-order valence-electron chi connectivity index (χ1n) is 20.2. The molecule has 2 heterocycles. The lowest BCUT2D eigenvalue weighted by molar-refractivity contribution is 0.0679. The number of H-pyrrole nitrogens is 2. The number of aromatic amines is 2. The van der Waals surface area contributed by atoms with Gasteiger partial charge in [-0.15, -0.1) is 0 Å². The smallest absolute Gasteiger partial charge is 0.352 e. The van der Waals surface area contributed by atoms with Gasteiger partial charge < -0.3 is 35.0 Å². The Bertz CT molecular complexity index is 3120. The van der Waals surface area contributed by atoms with E-state index in [9.17, 15) is 19.8 Å². The number of aromatic nitrogens is 2. The maximum absolute atomic E-state index is 12.0. The number of nitriles is 1. The number of carboxylic acid groups (broad SMARTS) is 2. The second kappa shape index (κ2) is 18.8. The summed E-state index contributed by atoms with van der Waals surface area (Å²) >= 11 is 3.48. The van der Waals surface area contributed by atoms with Crippen LogP contribution in [0.2, 0.25) is 0 Å². The number of nitrogens with zero attached hydrogens (tertiary/aromatic N) is 1. The van der Waals surface area contributed by atoms with E-state index in [1.165, 1.54) is 0 Å². The molecule has 0 saturated carbocycles. The van der Waals surface area contributed by atoms with Crippen molar-refractivity contribution in [2.75, 3.05) is 18.5 Å². The molecule has 0 aliphatic rings. The number of hydrogen-bond acceptors (Lipinski definition) is 6. The van der Waals surface area contributed by atoms with Gasteiger partial charge in [-0.05, 0) is 106 Å². The Balaban J connectivity index is 0.000000176. The number of rotatable bonds is 14. The summed E-state index contributed by atoms with van der Waals surface area (Å²) in [7, 11) is 0. The fourth-order valence-corrected chi connectivity index (χ4v) is 8.29. The highest BCUT2D eigenvalue weighted by Gasteiger charge is 2.20. The van der Waals surface area contributed by atoms with E-state index in [1.807, 2.05) is 103 Å². The molecule has 0 aliphatic heterocycles. The van der Waals surface area contributed by atoms with Gasteiger partial charge in [0.05, 0.1) is 41.6 Å². The van der Waals surface area contributed by atoms with Gasteiger partial charge in [-0.25, -0.2) is 9.59 Å². The van der Waals surface area contributed by atoms with Crippen molar-refractivity contribution in [2.45, 2.75) is 25.7 Å². The van der Waals surface area contributed by atoms with Crippen LogP contribution in [0, 0.1) is 11.3 Å². The molecule has 0 aliphatic carbocycles. The van der Waals surface area contributed by atoms with Crippen molar-refractivity contribution in [3.63, 3.8) is 0 Å². The minimum atomic E-state index is -0.997. The van der Waals surface area contributed by atoms with Crippen molar-refractivity contribution in [3.05, 3.63) is 178 Å². The molecular weight excluding hydrogens is 844 g/mol. The van der Waals surface area contributed by atoms with E-state index in [4.69, 9.17) is 14.7 Å². The fourth-order valence-electron chi connectivity index (χ4n) is 7.83. The number of carboxylic acids is 2. The van der Waals surface area contributed by atoms with Gasteiger partial charge >= 0.3 is 11.9 Å². The second-order valence-electron chi connectivity index (χ2n) is 14.6. The molecule has 7 aromatic carbocycles. The van der Waals surface area contributed by atoms with Crippen LogP contribution in [0.1, 0.15) is 50.5 Å². The summed E-state index contributed by atoms with van der Waals surface area (Å²) < 4.78 is 12.9. The maximum Gasteiger partial charge on any atom is 0.352 e. The average Bonchev–Trinajstić information content (AvgIpc) is 3.87. The summed E-state index contributed by atoms with van der Waals surface area (Å²) in [6.07, 6.45) is 2.57. The molecule has 9 rings (SSSR count). The zero-order chi connectivity index (χ0) is 43.0. The molecule has 0 atom stereocenters. The Morgan fingerprint density at radius 2 is 1.08 bits per heavy atom. The number of aryl methyl sites for hydroxylation is 2. The van der Waals surface area contributed by atoms with Crippen LogP contribution in [0.3, 0.4) is 0 Å². The van der Waals surface area contributed by atoms with E-state index in [2.05, 4.69) is 61.5 Å². The van der Waals surface area contributed by atoms with Crippen LogP contribution in [0.15, 0.2) is 150 Å². The van der Waals surface area contributed by atoms with Crippen LogP contribution in [0.25, 0.3) is 43.4 Å². The normalized spacial score (nSPS) is 11.0. The van der Waals surface area contributed by atoms with Gasteiger partial charge in [0.1, 0.15) is 22.9 Å². The summed E-state index contributed by atoms with van der Waals surface area (Å²) in [4.78, 5) is 29.8. The quantitative estimate of drug-likeness (QED) is 0.0675. The van der Waals surface area contributed by atoms with Crippen LogP contribution >= 0.6 is 15.9 Å². The zero-order valence-corrected chi connectivity index (χ0v) is 35.0. The highest BCUT2D eigenvalue weighted by atomic mass is 79.9. The predicted octanol–water partition coefficient (Wildman–Crippen LogP) is 12.4. The van der Waals surface area contributed by atoms with E-state index in [0.717, 1.165) is 88.2 Å². The number of halogens is 1. The lowest BCUT2D eigenvalue weighted by atomic mass is 10.0. The van der Waals surface area contributed by atoms with E-state index in [1.54, 1.807) is 18.2 Å². The van der Waals surface area contributed by atoms with Crippen LogP contribution in [-0.4, -0.2) is 45.3 Å². The number of ether oxygens (including phenoxy) is 2. The minimum Gasteiger partial charge on any atom is -0.493 e. The number of nitrogens with one attached hydrogen (secondary N) is 3. The van der Waals surface area contributed by atoms with Gasteiger partial charge in [0.25, 0.3) is 0 Å². The third-order valence-corrected chi connectivity index (χ3v) is 11.3. The van der Waals surface area contributed by atoms with Crippen molar-refractivity contribution >= 4 is 82.6 Å². The van der Waals surface area contributed by atoms with E-state index < -0.39 is 11.9 Å². The largest absolute Gasteiger partial charge is 0.493 e. The molecule has 0 saturated heterocycles. The van der Waals surface area contributed by atoms with Crippen molar-refractivity contribution in [1.82, 2.24) is 9.97 Å². The monoisotopic (exact) mass is 884 g/mol. The lowest BCUT2D eigenvalue weighted by Crippen LogP contribution is -2.04. The predicted molar refractivity (Wildman–Crippen MR) is 248 cm³/mol. The number of carbonyl (C=O) groups is 2. The number of fused-ring (bicyclic) bond motifs is 4. The van der Waals surface area contributed by atoms with Gasteiger partial charge in [0.2, 0.25) is 0 Å². The molecule has 0 radical (unpaired) electrons. The first-order valence-corrected chi connectivity index (χ1v) is 21.0. The molecule has 0 bridgehead atoms. The Kier molecular flexibility index (Phi) is 12.5. The molecule has 2 aromatic heterocycles. The summed E-state index contributed by atoms with van der Waals surface area (Å²) in [6, 6.07) is 49.0. The second-order valence-corrected chi connectivity index (χ2v) is 15.5. The topological polar surface area (TPSA) is 160 Å². The van der Waals surface area contributed by atoms with Crippen LogP contribution in [-0.2, 0) is 12.8 Å². The molecular formula is C51H41BrN4O6. The number of hydrogen-bond donors (Lipinski definition) is 5. The first kappa shape index (κ1) is 41.2. The lowest BCUT2D eigenvalue weighted by Gasteiger charge is -2.10. The number of benzene rings is 7. The molecule has 0 fully saturated rings. The van der Waals surface area contributed by atoms with Gasteiger partial charge in [-0.3, -0.25) is 0 Å². The van der Waals surface area contributed by atoms with Crippen LogP contribution < -0.4 is 14.8 Å². The molecule has 62 heavy (non-hydrogen) atoms. The molecule has 308 valence electrons.